The highest BCUT2D eigenvalue weighted by molar-refractivity contribution is 7.89. The number of rotatable bonds is 6. The minimum Gasteiger partial charge on any atom is -0.492 e. The number of ether oxygens (including phenoxy) is 1. The average Bonchev–Trinajstić information content (AvgIpc) is 2.54. The summed E-state index contributed by atoms with van der Waals surface area (Å²) in [5.41, 5.74) is 0.504. The molecule has 0 spiro atoms. The van der Waals surface area contributed by atoms with Crippen molar-refractivity contribution in [2.24, 2.45) is 5.92 Å². The van der Waals surface area contributed by atoms with Gasteiger partial charge in [0.05, 0.1) is 17.9 Å². The highest BCUT2D eigenvalue weighted by Crippen LogP contribution is 2.27. The zero-order chi connectivity index (χ0) is 16.0. The predicted octanol–water partition coefficient (Wildman–Crippen LogP) is 2.44. The van der Waals surface area contributed by atoms with Gasteiger partial charge in [0.1, 0.15) is 11.8 Å². The van der Waals surface area contributed by atoms with Gasteiger partial charge in [0.25, 0.3) is 0 Å². The fourth-order valence-corrected chi connectivity index (χ4v) is 3.70. The normalized spacial score (nSPS) is 22.0. The lowest BCUT2D eigenvalue weighted by Gasteiger charge is -2.31. The third-order valence-corrected chi connectivity index (χ3v) is 5.50. The largest absolute Gasteiger partial charge is 0.492 e. The molecule has 1 fully saturated rings. The maximum atomic E-state index is 11.8. The zero-order valence-corrected chi connectivity index (χ0v) is 13.6. The average molecular weight is 322 g/mol. The summed E-state index contributed by atoms with van der Waals surface area (Å²) in [5.74, 6) is 0.795. The van der Waals surface area contributed by atoms with Crippen molar-refractivity contribution in [3.63, 3.8) is 0 Å². The van der Waals surface area contributed by atoms with E-state index >= 15 is 0 Å². The first kappa shape index (κ1) is 16.8. The number of hydrogen-bond acceptors (Lipinski definition) is 4. The Balaban J connectivity index is 2.01. The maximum absolute atomic E-state index is 11.8. The van der Waals surface area contributed by atoms with Crippen LogP contribution >= 0.6 is 0 Å². The van der Waals surface area contributed by atoms with Crippen LogP contribution in [0.5, 0.6) is 5.75 Å². The minimum absolute atomic E-state index is 0.0760. The molecule has 0 aliphatic heterocycles. The van der Waals surface area contributed by atoms with Gasteiger partial charge in [-0.15, -0.1) is 0 Å². The van der Waals surface area contributed by atoms with Gasteiger partial charge >= 0.3 is 0 Å². The number of nitrogens with zero attached hydrogens (tertiary/aromatic N) is 1. The monoisotopic (exact) mass is 322 g/mol. The Kier molecular flexibility index (Phi) is 5.81. The predicted molar refractivity (Wildman–Crippen MR) is 85.0 cm³/mol. The molecule has 0 heterocycles. The van der Waals surface area contributed by atoms with E-state index in [1.807, 2.05) is 6.07 Å². The molecular weight excluding hydrogens is 300 g/mol. The molecule has 120 valence electrons. The van der Waals surface area contributed by atoms with Crippen LogP contribution in [0.25, 0.3) is 0 Å². The number of benzene rings is 1. The fourth-order valence-electron chi connectivity index (χ4n) is 2.76. The van der Waals surface area contributed by atoms with Crippen molar-refractivity contribution in [3.05, 3.63) is 29.8 Å². The lowest BCUT2D eigenvalue weighted by Crippen LogP contribution is -2.44. The van der Waals surface area contributed by atoms with Gasteiger partial charge in [-0.05, 0) is 31.9 Å². The molecule has 1 aromatic rings. The Bertz CT molecular complexity index is 637. The van der Waals surface area contributed by atoms with Crippen LogP contribution in [0.4, 0.5) is 0 Å². The summed E-state index contributed by atoms with van der Waals surface area (Å²) in [6.45, 7) is 2.06. The molecule has 1 N–H and O–H groups in total. The Hall–Kier alpha value is -1.58. The van der Waals surface area contributed by atoms with Crippen LogP contribution in [0.1, 0.15) is 38.2 Å². The smallest absolute Gasteiger partial charge is 0.211 e. The number of para-hydroxylation sites is 1. The second-order valence-corrected chi connectivity index (χ2v) is 7.63. The standard InChI is InChI=1S/C16H22N2O3S/c1-2-22(19,20)18-15-9-5-3-8-14(15)12-21-16-10-6-4-7-13(16)11-17/h4,6-7,10,14-15,18H,2-3,5,8-9,12H2,1H3. The van der Waals surface area contributed by atoms with E-state index in [0.29, 0.717) is 17.9 Å². The molecule has 0 aromatic heterocycles. The molecule has 0 amide bonds. The Morgan fingerprint density at radius 2 is 2.05 bits per heavy atom. The van der Waals surface area contributed by atoms with Crippen LogP contribution in [-0.4, -0.2) is 26.8 Å². The molecule has 0 bridgehead atoms. The van der Waals surface area contributed by atoms with E-state index in [4.69, 9.17) is 10.00 Å². The molecule has 1 aromatic carbocycles. The van der Waals surface area contributed by atoms with E-state index in [1.165, 1.54) is 0 Å². The highest BCUT2D eigenvalue weighted by Gasteiger charge is 2.28. The molecule has 6 heteroatoms. The zero-order valence-electron chi connectivity index (χ0n) is 12.8. The molecule has 0 radical (unpaired) electrons. The summed E-state index contributed by atoms with van der Waals surface area (Å²) in [5, 5.41) is 9.07. The van der Waals surface area contributed by atoms with Gasteiger partial charge in [0, 0.05) is 12.0 Å². The number of hydrogen-bond donors (Lipinski definition) is 1. The lowest BCUT2D eigenvalue weighted by molar-refractivity contribution is 0.180. The van der Waals surface area contributed by atoms with Crippen molar-refractivity contribution in [2.45, 2.75) is 38.6 Å². The van der Waals surface area contributed by atoms with Gasteiger partial charge in [-0.2, -0.15) is 5.26 Å². The summed E-state index contributed by atoms with van der Waals surface area (Å²) in [4.78, 5) is 0. The Morgan fingerprint density at radius 1 is 1.32 bits per heavy atom. The third kappa shape index (κ3) is 4.46. The second-order valence-electron chi connectivity index (χ2n) is 5.59. The van der Waals surface area contributed by atoms with Gasteiger partial charge < -0.3 is 4.74 Å². The number of sulfonamides is 1. The first-order chi connectivity index (χ1) is 10.6. The number of nitrogens with one attached hydrogen (secondary N) is 1. The summed E-state index contributed by atoms with van der Waals surface area (Å²) in [7, 11) is -3.21. The van der Waals surface area contributed by atoms with Gasteiger partial charge in [-0.3, -0.25) is 0 Å². The van der Waals surface area contributed by atoms with E-state index in [2.05, 4.69) is 10.8 Å². The Labute approximate surface area is 132 Å². The van der Waals surface area contributed by atoms with E-state index in [1.54, 1.807) is 25.1 Å². The first-order valence-electron chi connectivity index (χ1n) is 7.67. The highest BCUT2D eigenvalue weighted by atomic mass is 32.2. The van der Waals surface area contributed by atoms with Crippen molar-refractivity contribution in [1.82, 2.24) is 4.72 Å². The summed E-state index contributed by atoms with van der Waals surface area (Å²) >= 11 is 0. The van der Waals surface area contributed by atoms with Crippen molar-refractivity contribution < 1.29 is 13.2 Å². The first-order valence-corrected chi connectivity index (χ1v) is 9.33. The van der Waals surface area contributed by atoms with Crippen LogP contribution in [-0.2, 0) is 10.0 Å². The van der Waals surface area contributed by atoms with Crippen LogP contribution in [0, 0.1) is 17.2 Å². The molecule has 1 saturated carbocycles. The van der Waals surface area contributed by atoms with Gasteiger partial charge in [-0.1, -0.05) is 25.0 Å². The molecule has 5 nitrogen and oxygen atoms in total. The van der Waals surface area contributed by atoms with Crippen molar-refractivity contribution in [2.75, 3.05) is 12.4 Å². The van der Waals surface area contributed by atoms with Gasteiger partial charge in [-0.25, -0.2) is 13.1 Å². The second kappa shape index (κ2) is 7.61. The van der Waals surface area contributed by atoms with E-state index in [9.17, 15) is 8.42 Å². The fraction of sp³-hybridized carbons (Fsp3) is 0.562. The van der Waals surface area contributed by atoms with Crippen LogP contribution < -0.4 is 9.46 Å². The van der Waals surface area contributed by atoms with E-state index in [0.717, 1.165) is 25.7 Å². The number of nitriles is 1. The van der Waals surface area contributed by atoms with Crippen LogP contribution in [0.2, 0.25) is 0 Å². The third-order valence-electron chi connectivity index (χ3n) is 4.08. The molecule has 2 unspecified atom stereocenters. The van der Waals surface area contributed by atoms with Crippen molar-refractivity contribution in [1.29, 1.82) is 5.26 Å². The topological polar surface area (TPSA) is 79.2 Å². The van der Waals surface area contributed by atoms with Crippen molar-refractivity contribution >= 4 is 10.0 Å². The quantitative estimate of drug-likeness (QED) is 0.872. The van der Waals surface area contributed by atoms with E-state index < -0.39 is 10.0 Å². The molecular formula is C16H22N2O3S. The Morgan fingerprint density at radius 3 is 2.77 bits per heavy atom. The molecule has 1 aliphatic carbocycles. The molecule has 2 rings (SSSR count). The van der Waals surface area contributed by atoms with Gasteiger partial charge in [0.2, 0.25) is 10.0 Å². The molecule has 22 heavy (non-hydrogen) atoms. The summed E-state index contributed by atoms with van der Waals surface area (Å²) < 4.78 is 32.2. The minimum atomic E-state index is -3.21. The summed E-state index contributed by atoms with van der Waals surface area (Å²) in [6.07, 6.45) is 3.89. The lowest BCUT2D eigenvalue weighted by atomic mass is 9.86. The molecule has 1 aliphatic rings. The maximum Gasteiger partial charge on any atom is 0.211 e. The molecule has 0 saturated heterocycles. The van der Waals surface area contributed by atoms with Crippen molar-refractivity contribution in [3.8, 4) is 11.8 Å². The van der Waals surface area contributed by atoms with E-state index in [-0.39, 0.29) is 17.7 Å². The SMILES string of the molecule is CCS(=O)(=O)NC1CCCCC1COc1ccccc1C#N. The van der Waals surface area contributed by atoms with Crippen LogP contribution in [0.3, 0.4) is 0 Å². The van der Waals surface area contributed by atoms with Crippen LogP contribution in [0.15, 0.2) is 24.3 Å². The summed E-state index contributed by atoms with van der Waals surface area (Å²) in [6, 6.07) is 9.14. The van der Waals surface area contributed by atoms with Gasteiger partial charge in [0.15, 0.2) is 0 Å². The molecule has 2 atom stereocenters.